The Morgan fingerprint density at radius 3 is 2.56 bits per heavy atom. The van der Waals surface area contributed by atoms with Crippen LogP contribution in [0.1, 0.15) is 22.3 Å². The second kappa shape index (κ2) is 11.8. The average molecular weight is 522 g/mol. The zero-order valence-corrected chi connectivity index (χ0v) is 21.4. The number of halogens is 2. The van der Waals surface area contributed by atoms with E-state index in [0.717, 1.165) is 22.4 Å². The van der Waals surface area contributed by atoms with Crippen molar-refractivity contribution in [1.29, 1.82) is 0 Å². The van der Waals surface area contributed by atoms with Gasteiger partial charge < -0.3 is 14.8 Å². The smallest absolute Gasteiger partial charge is 0.249 e. The average Bonchev–Trinajstić information content (AvgIpc) is 3.22. The SMILES string of the molecule is COc1ccc(/C=C/C(=O)Nc2nn(Cc3ccccc3Cl)cc2Cl)cc1COc1ccc(C)cc1. The van der Waals surface area contributed by atoms with E-state index in [1.54, 1.807) is 24.1 Å². The summed E-state index contributed by atoms with van der Waals surface area (Å²) in [6.45, 7) is 2.79. The van der Waals surface area contributed by atoms with Crippen molar-refractivity contribution in [1.82, 2.24) is 9.78 Å². The van der Waals surface area contributed by atoms with Gasteiger partial charge in [-0.25, -0.2) is 0 Å². The van der Waals surface area contributed by atoms with Gasteiger partial charge in [0.2, 0.25) is 5.91 Å². The number of methoxy groups -OCH3 is 1. The minimum atomic E-state index is -0.354. The van der Waals surface area contributed by atoms with Crippen molar-refractivity contribution in [2.24, 2.45) is 0 Å². The monoisotopic (exact) mass is 521 g/mol. The van der Waals surface area contributed by atoms with Crippen LogP contribution in [0.4, 0.5) is 5.82 Å². The normalized spacial score (nSPS) is 11.0. The molecule has 0 spiro atoms. The van der Waals surface area contributed by atoms with Crippen LogP contribution in [-0.4, -0.2) is 22.8 Å². The van der Waals surface area contributed by atoms with E-state index in [4.69, 9.17) is 32.7 Å². The van der Waals surface area contributed by atoms with E-state index < -0.39 is 0 Å². The lowest BCUT2D eigenvalue weighted by Gasteiger charge is -2.11. The first-order valence-electron chi connectivity index (χ1n) is 11.2. The van der Waals surface area contributed by atoms with E-state index in [2.05, 4.69) is 10.4 Å². The molecule has 0 unspecified atom stereocenters. The van der Waals surface area contributed by atoms with Crippen molar-refractivity contribution in [2.75, 3.05) is 12.4 Å². The molecule has 0 aliphatic carbocycles. The maximum absolute atomic E-state index is 12.5. The number of carbonyl (C=O) groups excluding carboxylic acids is 1. The third-order valence-corrected chi connectivity index (χ3v) is 6.04. The molecule has 0 aliphatic rings. The zero-order chi connectivity index (χ0) is 25.5. The van der Waals surface area contributed by atoms with Crippen molar-refractivity contribution in [3.05, 3.63) is 111 Å². The summed E-state index contributed by atoms with van der Waals surface area (Å²) in [6, 6.07) is 21.0. The predicted octanol–water partition coefficient (Wildman–Crippen LogP) is 6.79. The molecule has 1 N–H and O–H groups in total. The fourth-order valence-electron chi connectivity index (χ4n) is 3.50. The van der Waals surface area contributed by atoms with Crippen molar-refractivity contribution >= 4 is 41.0 Å². The maximum atomic E-state index is 12.5. The third kappa shape index (κ3) is 6.68. The van der Waals surface area contributed by atoms with Crippen molar-refractivity contribution < 1.29 is 14.3 Å². The molecule has 4 rings (SSSR count). The van der Waals surface area contributed by atoms with E-state index in [9.17, 15) is 4.79 Å². The Balaban J connectivity index is 1.40. The molecule has 0 radical (unpaired) electrons. The van der Waals surface area contributed by atoms with Crippen molar-refractivity contribution in [3.8, 4) is 11.5 Å². The van der Waals surface area contributed by atoms with E-state index in [0.29, 0.717) is 28.9 Å². The number of amides is 1. The number of benzene rings is 3. The summed E-state index contributed by atoms with van der Waals surface area (Å²) in [7, 11) is 1.61. The first-order chi connectivity index (χ1) is 17.4. The lowest BCUT2D eigenvalue weighted by Crippen LogP contribution is -2.09. The van der Waals surface area contributed by atoms with E-state index in [-0.39, 0.29) is 11.7 Å². The highest BCUT2D eigenvalue weighted by Gasteiger charge is 2.11. The van der Waals surface area contributed by atoms with Crippen LogP contribution >= 0.6 is 23.2 Å². The summed E-state index contributed by atoms with van der Waals surface area (Å²) >= 11 is 12.5. The number of rotatable bonds is 9. The number of nitrogens with zero attached hydrogens (tertiary/aromatic N) is 2. The number of ether oxygens (including phenoxy) is 2. The van der Waals surface area contributed by atoms with Gasteiger partial charge in [-0.05, 0) is 54.5 Å². The Morgan fingerprint density at radius 1 is 1.03 bits per heavy atom. The van der Waals surface area contributed by atoms with Gasteiger partial charge in [-0.1, -0.05) is 65.2 Å². The van der Waals surface area contributed by atoms with Crippen LogP contribution in [0, 0.1) is 6.92 Å². The molecule has 184 valence electrons. The highest BCUT2D eigenvalue weighted by molar-refractivity contribution is 6.33. The van der Waals surface area contributed by atoms with Gasteiger partial charge in [0.1, 0.15) is 23.1 Å². The minimum absolute atomic E-state index is 0.278. The van der Waals surface area contributed by atoms with Gasteiger partial charge >= 0.3 is 0 Å². The molecule has 1 heterocycles. The maximum Gasteiger partial charge on any atom is 0.249 e. The summed E-state index contributed by atoms with van der Waals surface area (Å²) in [5.41, 5.74) is 3.75. The molecule has 0 bridgehead atoms. The van der Waals surface area contributed by atoms with Gasteiger partial charge in [-0.3, -0.25) is 9.48 Å². The number of carbonyl (C=O) groups is 1. The molecule has 6 nitrogen and oxygen atoms in total. The Kier molecular flexibility index (Phi) is 8.31. The summed E-state index contributed by atoms with van der Waals surface area (Å²) in [5, 5.41) is 8.06. The molecule has 0 fully saturated rings. The molecule has 3 aromatic carbocycles. The van der Waals surface area contributed by atoms with Crippen molar-refractivity contribution in [2.45, 2.75) is 20.1 Å². The summed E-state index contributed by atoms with van der Waals surface area (Å²) in [4.78, 5) is 12.5. The number of anilines is 1. The summed E-state index contributed by atoms with van der Waals surface area (Å²) in [5.74, 6) is 1.40. The van der Waals surface area contributed by atoms with Gasteiger partial charge in [0.15, 0.2) is 5.82 Å². The number of hydrogen-bond acceptors (Lipinski definition) is 4. The second-order valence-corrected chi connectivity index (χ2v) is 8.92. The molecule has 0 saturated carbocycles. The van der Waals surface area contributed by atoms with Crippen molar-refractivity contribution in [3.63, 3.8) is 0 Å². The van der Waals surface area contributed by atoms with Crippen LogP contribution in [0.25, 0.3) is 6.08 Å². The molecular weight excluding hydrogens is 497 g/mol. The lowest BCUT2D eigenvalue weighted by molar-refractivity contribution is -0.111. The van der Waals surface area contributed by atoms with E-state index in [1.165, 1.54) is 11.6 Å². The topological polar surface area (TPSA) is 65.4 Å². The largest absolute Gasteiger partial charge is 0.496 e. The van der Waals surface area contributed by atoms with Gasteiger partial charge in [0.25, 0.3) is 0 Å². The molecule has 0 aliphatic heterocycles. The molecule has 4 aromatic rings. The molecule has 0 saturated heterocycles. The first kappa shape index (κ1) is 25.4. The van der Waals surface area contributed by atoms with Gasteiger partial charge in [0, 0.05) is 22.9 Å². The fraction of sp³-hybridized carbons (Fsp3) is 0.143. The van der Waals surface area contributed by atoms with Gasteiger partial charge in [-0.15, -0.1) is 0 Å². The van der Waals surface area contributed by atoms with Crippen LogP contribution in [-0.2, 0) is 17.9 Å². The van der Waals surface area contributed by atoms with Crippen LogP contribution < -0.4 is 14.8 Å². The van der Waals surface area contributed by atoms with E-state index in [1.807, 2.05) is 73.7 Å². The molecular formula is C28H25Cl2N3O3. The van der Waals surface area contributed by atoms with Crippen LogP contribution in [0.15, 0.2) is 79.0 Å². The second-order valence-electron chi connectivity index (χ2n) is 8.11. The summed E-state index contributed by atoms with van der Waals surface area (Å²) in [6.07, 6.45) is 4.78. The van der Waals surface area contributed by atoms with Gasteiger partial charge in [0.05, 0.1) is 13.7 Å². The Morgan fingerprint density at radius 2 is 1.81 bits per heavy atom. The van der Waals surface area contributed by atoms with Crippen LogP contribution in [0.5, 0.6) is 11.5 Å². The number of aromatic nitrogens is 2. The minimum Gasteiger partial charge on any atom is -0.496 e. The third-order valence-electron chi connectivity index (χ3n) is 5.40. The standard InChI is InChI=1S/C28H25Cl2N3O3/c1-19-7-11-23(12-8-19)36-18-22-15-20(9-13-26(22)35-2)10-14-27(34)31-28-25(30)17-33(32-28)16-21-5-3-4-6-24(21)29/h3-15,17H,16,18H2,1-2H3,(H,31,32,34)/b14-10+. The number of hydrogen-bond donors (Lipinski definition) is 1. The Bertz CT molecular complexity index is 1380. The first-order valence-corrected chi connectivity index (χ1v) is 12.0. The Hall–Kier alpha value is -3.74. The molecule has 1 aromatic heterocycles. The molecule has 36 heavy (non-hydrogen) atoms. The van der Waals surface area contributed by atoms with Crippen LogP contribution in [0.2, 0.25) is 10.0 Å². The highest BCUT2D eigenvalue weighted by Crippen LogP contribution is 2.24. The zero-order valence-electron chi connectivity index (χ0n) is 19.9. The van der Waals surface area contributed by atoms with E-state index >= 15 is 0 Å². The quantitative estimate of drug-likeness (QED) is 0.246. The number of nitrogens with one attached hydrogen (secondary N) is 1. The molecule has 1 amide bonds. The predicted molar refractivity (Wildman–Crippen MR) is 144 cm³/mol. The molecule has 8 heteroatoms. The lowest BCUT2D eigenvalue weighted by atomic mass is 10.1. The molecule has 0 atom stereocenters. The summed E-state index contributed by atoms with van der Waals surface area (Å²) < 4.78 is 13.0. The van der Waals surface area contributed by atoms with Crippen LogP contribution in [0.3, 0.4) is 0 Å². The Labute approximate surface area is 220 Å². The van der Waals surface area contributed by atoms with Gasteiger partial charge in [-0.2, -0.15) is 5.10 Å². The number of aryl methyl sites for hydroxylation is 1. The highest BCUT2D eigenvalue weighted by atomic mass is 35.5. The fourth-order valence-corrected chi connectivity index (χ4v) is 3.90.